The predicted molar refractivity (Wildman–Crippen MR) is 113 cm³/mol. The number of aryl methyl sites for hydroxylation is 1. The number of anilines is 1. The number of carbonyl (C=O) groups excluding carboxylic acids is 1. The van der Waals surface area contributed by atoms with Crippen molar-refractivity contribution < 1.29 is 13.2 Å². The van der Waals surface area contributed by atoms with Crippen molar-refractivity contribution in [2.75, 3.05) is 11.1 Å². The number of benzene rings is 3. The maximum Gasteiger partial charge on any atom is 0.255 e. The van der Waals surface area contributed by atoms with Gasteiger partial charge in [-0.3, -0.25) is 4.79 Å². The van der Waals surface area contributed by atoms with Crippen molar-refractivity contribution in [1.82, 2.24) is 0 Å². The average molecular weight is 414 g/mol. The third kappa shape index (κ3) is 5.00. The van der Waals surface area contributed by atoms with E-state index in [2.05, 4.69) is 5.32 Å². The van der Waals surface area contributed by atoms with Crippen molar-refractivity contribution >= 4 is 33.0 Å². The maximum absolute atomic E-state index is 12.8. The van der Waals surface area contributed by atoms with E-state index in [0.29, 0.717) is 5.69 Å². The van der Waals surface area contributed by atoms with Crippen LogP contribution in [0.3, 0.4) is 0 Å². The monoisotopic (exact) mass is 413 g/mol. The first-order valence-corrected chi connectivity index (χ1v) is 10.8. The van der Waals surface area contributed by atoms with Crippen molar-refractivity contribution in [3.05, 3.63) is 95.6 Å². The minimum Gasteiger partial charge on any atom is -0.322 e. The number of amides is 1. The highest BCUT2D eigenvalue weighted by molar-refractivity contribution is 7.91. The molecule has 28 heavy (non-hydrogen) atoms. The van der Waals surface area contributed by atoms with E-state index in [4.69, 9.17) is 11.6 Å². The van der Waals surface area contributed by atoms with Gasteiger partial charge in [-0.05, 0) is 42.8 Å². The first-order chi connectivity index (χ1) is 13.3. The lowest BCUT2D eigenvalue weighted by molar-refractivity contribution is 0.102. The Kier molecular flexibility index (Phi) is 6.17. The number of rotatable bonds is 6. The van der Waals surface area contributed by atoms with Gasteiger partial charge in [0.05, 0.1) is 16.0 Å². The van der Waals surface area contributed by atoms with Crippen LogP contribution in [0.2, 0.25) is 0 Å². The smallest absolute Gasteiger partial charge is 0.255 e. The summed E-state index contributed by atoms with van der Waals surface area (Å²) in [5, 5.41) is 2.10. The van der Waals surface area contributed by atoms with Crippen molar-refractivity contribution in [3.63, 3.8) is 0 Å². The molecule has 0 aliphatic heterocycles. The molecule has 3 rings (SSSR count). The number of halogens is 1. The number of sulfone groups is 1. The van der Waals surface area contributed by atoms with Gasteiger partial charge in [-0.25, -0.2) is 8.42 Å². The highest BCUT2D eigenvalue weighted by atomic mass is 35.5. The molecule has 0 saturated carbocycles. The van der Waals surface area contributed by atoms with E-state index >= 15 is 0 Å². The van der Waals surface area contributed by atoms with Gasteiger partial charge >= 0.3 is 0 Å². The Balaban J connectivity index is 1.77. The third-order valence-electron chi connectivity index (χ3n) is 4.29. The van der Waals surface area contributed by atoms with Crippen LogP contribution in [0.15, 0.2) is 83.8 Å². The largest absolute Gasteiger partial charge is 0.322 e. The molecule has 1 N–H and O–H groups in total. The molecule has 0 spiro atoms. The van der Waals surface area contributed by atoms with Gasteiger partial charge in [0.1, 0.15) is 0 Å². The fraction of sp³-hybridized carbons (Fsp3) is 0.136. The zero-order valence-electron chi connectivity index (χ0n) is 15.3. The quantitative estimate of drug-likeness (QED) is 0.578. The van der Waals surface area contributed by atoms with Gasteiger partial charge in [-0.1, -0.05) is 54.1 Å². The molecule has 0 aromatic heterocycles. The molecule has 1 unspecified atom stereocenters. The van der Waals surface area contributed by atoms with E-state index < -0.39 is 15.2 Å². The summed E-state index contributed by atoms with van der Waals surface area (Å²) in [6.07, 6.45) is 0. The van der Waals surface area contributed by atoms with Gasteiger partial charge in [0.15, 0.2) is 9.84 Å². The molecule has 1 amide bonds. The molecule has 4 nitrogen and oxygen atoms in total. The van der Waals surface area contributed by atoms with Crippen molar-refractivity contribution in [2.24, 2.45) is 0 Å². The van der Waals surface area contributed by atoms with Crippen LogP contribution in [0, 0.1) is 6.92 Å². The predicted octanol–water partition coefficient (Wildman–Crippen LogP) is 5.00. The van der Waals surface area contributed by atoms with Gasteiger partial charge in [-0.15, -0.1) is 11.6 Å². The highest BCUT2D eigenvalue weighted by Gasteiger charge is 2.22. The van der Waals surface area contributed by atoms with Crippen LogP contribution in [0.4, 0.5) is 5.69 Å². The van der Waals surface area contributed by atoms with E-state index in [0.717, 1.165) is 11.1 Å². The highest BCUT2D eigenvalue weighted by Crippen LogP contribution is 2.25. The van der Waals surface area contributed by atoms with Gasteiger partial charge in [0, 0.05) is 11.3 Å². The molecule has 3 aromatic carbocycles. The molecule has 6 heteroatoms. The number of hydrogen-bond acceptors (Lipinski definition) is 3. The van der Waals surface area contributed by atoms with Crippen LogP contribution < -0.4 is 5.32 Å². The molecule has 0 radical (unpaired) electrons. The molecule has 0 aliphatic rings. The third-order valence-corrected chi connectivity index (χ3v) is 6.63. The summed E-state index contributed by atoms with van der Waals surface area (Å²) in [7, 11) is -3.65. The lowest BCUT2D eigenvalue weighted by atomic mass is 10.2. The molecular weight excluding hydrogens is 394 g/mol. The standard InChI is InChI=1S/C22H20ClNO3S/c1-16-10-12-19(13-11-16)24-22(25)18-8-5-9-20(14-18)28(26,27)15-21(23)17-6-3-2-4-7-17/h2-14,21H,15H2,1H3,(H,24,25). The first kappa shape index (κ1) is 20.1. The molecule has 144 valence electrons. The first-order valence-electron chi connectivity index (χ1n) is 8.75. The van der Waals surface area contributed by atoms with E-state index in [1.807, 2.05) is 37.3 Å². The van der Waals surface area contributed by atoms with E-state index in [9.17, 15) is 13.2 Å². The van der Waals surface area contributed by atoms with Crippen LogP contribution in [-0.2, 0) is 9.84 Å². The zero-order chi connectivity index (χ0) is 20.1. The number of hydrogen-bond donors (Lipinski definition) is 1. The van der Waals surface area contributed by atoms with Crippen molar-refractivity contribution in [2.45, 2.75) is 17.2 Å². The fourth-order valence-electron chi connectivity index (χ4n) is 2.72. The average Bonchev–Trinajstić information content (AvgIpc) is 2.70. The molecule has 1 atom stereocenters. The summed E-state index contributed by atoms with van der Waals surface area (Å²) in [5.41, 5.74) is 2.74. The molecule has 0 heterocycles. The zero-order valence-corrected chi connectivity index (χ0v) is 16.9. The minimum absolute atomic E-state index is 0.0747. The molecule has 0 aliphatic carbocycles. The normalized spacial score (nSPS) is 12.4. The Hall–Kier alpha value is -2.63. The SMILES string of the molecule is Cc1ccc(NC(=O)c2cccc(S(=O)(=O)CC(Cl)c3ccccc3)c2)cc1. The van der Waals surface area contributed by atoms with Crippen LogP contribution in [0.5, 0.6) is 0 Å². The summed E-state index contributed by atoms with van der Waals surface area (Å²) in [5.74, 6) is -0.617. The van der Waals surface area contributed by atoms with E-state index in [-0.39, 0.29) is 22.1 Å². The Morgan fingerprint density at radius 3 is 2.32 bits per heavy atom. The van der Waals surface area contributed by atoms with E-state index in [1.54, 1.807) is 36.4 Å². The summed E-state index contributed by atoms with van der Waals surface area (Å²) >= 11 is 6.30. The lowest BCUT2D eigenvalue weighted by Gasteiger charge is -2.12. The van der Waals surface area contributed by atoms with E-state index in [1.165, 1.54) is 12.1 Å². The second kappa shape index (κ2) is 8.59. The number of alkyl halides is 1. The maximum atomic E-state index is 12.8. The summed E-state index contributed by atoms with van der Waals surface area (Å²) in [6.45, 7) is 1.96. The second-order valence-electron chi connectivity index (χ2n) is 6.51. The minimum atomic E-state index is -3.65. The number of nitrogens with one attached hydrogen (secondary N) is 1. The molecule has 0 fully saturated rings. The van der Waals surface area contributed by atoms with Crippen molar-refractivity contribution in [3.8, 4) is 0 Å². The fourth-order valence-corrected chi connectivity index (χ4v) is 4.72. The Morgan fingerprint density at radius 1 is 0.964 bits per heavy atom. The lowest BCUT2D eigenvalue weighted by Crippen LogP contribution is -2.15. The van der Waals surface area contributed by atoms with Crippen LogP contribution >= 0.6 is 11.6 Å². The summed E-state index contributed by atoms with van der Waals surface area (Å²) in [4.78, 5) is 12.6. The Labute approximate surface area is 170 Å². The van der Waals surface area contributed by atoms with Crippen molar-refractivity contribution in [1.29, 1.82) is 0 Å². The Morgan fingerprint density at radius 2 is 1.64 bits per heavy atom. The van der Waals surface area contributed by atoms with Crippen LogP contribution in [0.25, 0.3) is 0 Å². The molecule has 0 bridgehead atoms. The van der Waals surface area contributed by atoms with Crippen LogP contribution in [0.1, 0.15) is 26.9 Å². The second-order valence-corrected chi connectivity index (χ2v) is 9.07. The van der Waals surface area contributed by atoms with Gasteiger partial charge < -0.3 is 5.32 Å². The van der Waals surface area contributed by atoms with Gasteiger partial charge in [0.25, 0.3) is 5.91 Å². The molecule has 0 saturated heterocycles. The molecule has 3 aromatic rings. The van der Waals surface area contributed by atoms with Gasteiger partial charge in [-0.2, -0.15) is 0 Å². The summed E-state index contributed by atoms with van der Waals surface area (Å²) in [6, 6.07) is 22.4. The topological polar surface area (TPSA) is 63.2 Å². The summed E-state index contributed by atoms with van der Waals surface area (Å²) < 4.78 is 25.5. The van der Waals surface area contributed by atoms with Crippen LogP contribution in [-0.4, -0.2) is 20.1 Å². The number of carbonyl (C=O) groups is 1. The molecular formula is C22H20ClNO3S. The van der Waals surface area contributed by atoms with Gasteiger partial charge in [0.2, 0.25) is 0 Å². The Bertz CT molecular complexity index is 1060.